The Morgan fingerprint density at radius 3 is 2.60 bits per heavy atom. The Labute approximate surface area is 149 Å². The predicted molar refractivity (Wildman–Crippen MR) is 96.2 cm³/mol. The molecule has 0 saturated heterocycles. The van der Waals surface area contributed by atoms with Crippen LogP contribution in [0.3, 0.4) is 0 Å². The maximum Gasteiger partial charge on any atom is 0.324 e. The SMILES string of the molecule is N#CC(=Cc1ccc([N+](=O)[O-])s1)S(=O)(=O)NCCCc1ccccc1. The first-order valence-electron chi connectivity index (χ1n) is 7.32. The molecule has 0 aliphatic rings. The highest BCUT2D eigenvalue weighted by molar-refractivity contribution is 7.93. The monoisotopic (exact) mass is 377 g/mol. The van der Waals surface area contributed by atoms with Gasteiger partial charge in [-0.05, 0) is 30.5 Å². The van der Waals surface area contributed by atoms with Crippen LogP contribution in [-0.2, 0) is 16.4 Å². The van der Waals surface area contributed by atoms with E-state index in [9.17, 15) is 18.5 Å². The number of nitriles is 1. The van der Waals surface area contributed by atoms with E-state index < -0.39 is 19.9 Å². The minimum absolute atomic E-state index is 0.114. The molecule has 25 heavy (non-hydrogen) atoms. The van der Waals surface area contributed by atoms with Crippen molar-refractivity contribution in [3.63, 3.8) is 0 Å². The first-order valence-corrected chi connectivity index (χ1v) is 9.62. The number of nitro groups is 1. The van der Waals surface area contributed by atoms with Gasteiger partial charge in [-0.3, -0.25) is 10.1 Å². The first-order chi connectivity index (χ1) is 11.9. The molecule has 2 rings (SSSR count). The minimum atomic E-state index is -3.95. The highest BCUT2D eigenvalue weighted by atomic mass is 32.2. The van der Waals surface area contributed by atoms with E-state index in [4.69, 9.17) is 5.26 Å². The molecule has 0 radical (unpaired) electrons. The fourth-order valence-electron chi connectivity index (χ4n) is 2.04. The highest BCUT2D eigenvalue weighted by Crippen LogP contribution is 2.26. The summed E-state index contributed by atoms with van der Waals surface area (Å²) in [5.41, 5.74) is 1.10. The van der Waals surface area contributed by atoms with Crippen LogP contribution in [0, 0.1) is 21.4 Å². The van der Waals surface area contributed by atoms with Gasteiger partial charge in [0, 0.05) is 17.5 Å². The lowest BCUT2D eigenvalue weighted by molar-refractivity contribution is -0.380. The number of aryl methyl sites for hydroxylation is 1. The van der Waals surface area contributed by atoms with Crippen LogP contribution in [0.15, 0.2) is 47.4 Å². The van der Waals surface area contributed by atoms with Gasteiger partial charge in [-0.1, -0.05) is 41.7 Å². The van der Waals surface area contributed by atoms with Gasteiger partial charge in [-0.2, -0.15) is 5.26 Å². The van der Waals surface area contributed by atoms with Crippen LogP contribution in [0.2, 0.25) is 0 Å². The normalized spacial score (nSPS) is 11.9. The molecule has 1 aromatic heterocycles. The van der Waals surface area contributed by atoms with Gasteiger partial charge >= 0.3 is 5.00 Å². The third-order valence-corrected chi connectivity index (χ3v) is 5.60. The average Bonchev–Trinajstić information content (AvgIpc) is 3.06. The summed E-state index contributed by atoms with van der Waals surface area (Å²) in [4.78, 5) is 9.96. The van der Waals surface area contributed by atoms with Crippen LogP contribution < -0.4 is 4.72 Å². The lowest BCUT2D eigenvalue weighted by atomic mass is 10.1. The van der Waals surface area contributed by atoms with Crippen molar-refractivity contribution in [3.05, 3.63) is 67.9 Å². The molecule has 0 unspecified atom stereocenters. The summed E-state index contributed by atoms with van der Waals surface area (Å²) in [7, 11) is -3.95. The zero-order valence-electron chi connectivity index (χ0n) is 13.1. The minimum Gasteiger partial charge on any atom is -0.258 e. The van der Waals surface area contributed by atoms with Crippen molar-refractivity contribution >= 4 is 32.4 Å². The molecule has 130 valence electrons. The summed E-state index contributed by atoms with van der Waals surface area (Å²) in [5, 5.41) is 19.7. The Morgan fingerprint density at radius 2 is 2.00 bits per heavy atom. The Balaban J connectivity index is 1.99. The number of sulfonamides is 1. The molecule has 1 heterocycles. The van der Waals surface area contributed by atoms with Crippen LogP contribution in [0.5, 0.6) is 0 Å². The van der Waals surface area contributed by atoms with Crippen LogP contribution in [0.25, 0.3) is 6.08 Å². The quantitative estimate of drug-likeness (QED) is 0.329. The molecular weight excluding hydrogens is 362 g/mol. The first kappa shape index (κ1) is 18.8. The zero-order chi connectivity index (χ0) is 18.3. The van der Waals surface area contributed by atoms with Crippen molar-refractivity contribution in [2.45, 2.75) is 12.8 Å². The molecule has 1 N–H and O–H groups in total. The number of benzene rings is 1. The second-order valence-electron chi connectivity index (χ2n) is 5.04. The second kappa shape index (κ2) is 8.53. The van der Waals surface area contributed by atoms with Crippen LogP contribution in [0.1, 0.15) is 16.9 Å². The number of thiophene rings is 1. The maximum atomic E-state index is 12.2. The molecular formula is C16H15N3O4S2. The van der Waals surface area contributed by atoms with E-state index in [-0.39, 0.29) is 11.5 Å². The van der Waals surface area contributed by atoms with E-state index >= 15 is 0 Å². The van der Waals surface area contributed by atoms with Crippen molar-refractivity contribution in [1.82, 2.24) is 4.72 Å². The number of rotatable bonds is 8. The standard InChI is InChI=1S/C16H15N3O4S2/c17-12-15(11-14-8-9-16(24-14)19(20)21)25(22,23)18-10-4-7-13-5-2-1-3-6-13/h1-3,5-6,8-9,11,18H,4,7,10H2. The van der Waals surface area contributed by atoms with E-state index in [1.54, 1.807) is 6.07 Å². The van der Waals surface area contributed by atoms with E-state index in [1.807, 2.05) is 30.3 Å². The lowest BCUT2D eigenvalue weighted by Gasteiger charge is -2.05. The molecule has 0 fully saturated rings. The van der Waals surface area contributed by atoms with E-state index in [0.29, 0.717) is 17.7 Å². The third kappa shape index (κ3) is 5.49. The number of nitrogens with one attached hydrogen (secondary N) is 1. The van der Waals surface area contributed by atoms with Gasteiger partial charge in [0.15, 0.2) is 4.91 Å². The molecule has 0 spiro atoms. The van der Waals surface area contributed by atoms with Crippen LogP contribution in [-0.4, -0.2) is 19.9 Å². The molecule has 7 nitrogen and oxygen atoms in total. The molecule has 1 aromatic carbocycles. The number of hydrogen-bond donors (Lipinski definition) is 1. The van der Waals surface area contributed by atoms with Crippen LogP contribution >= 0.6 is 11.3 Å². The largest absolute Gasteiger partial charge is 0.324 e. The molecule has 0 atom stereocenters. The predicted octanol–water partition coefficient (Wildman–Crippen LogP) is 3.07. The maximum absolute atomic E-state index is 12.2. The Hall–Kier alpha value is -2.54. The molecule has 0 saturated carbocycles. The lowest BCUT2D eigenvalue weighted by Crippen LogP contribution is -2.26. The summed E-state index contributed by atoms with van der Waals surface area (Å²) >= 11 is 0.808. The van der Waals surface area contributed by atoms with Gasteiger partial charge < -0.3 is 0 Å². The topological polar surface area (TPSA) is 113 Å². The summed E-state index contributed by atoms with van der Waals surface area (Å²) < 4.78 is 26.8. The molecule has 2 aromatic rings. The summed E-state index contributed by atoms with van der Waals surface area (Å²) in [6.07, 6.45) is 2.44. The van der Waals surface area contributed by atoms with Crippen molar-refractivity contribution in [2.75, 3.05) is 6.54 Å². The summed E-state index contributed by atoms with van der Waals surface area (Å²) in [6.45, 7) is 0.195. The summed E-state index contributed by atoms with van der Waals surface area (Å²) in [5.74, 6) is 0. The van der Waals surface area contributed by atoms with Gasteiger partial charge in [-0.25, -0.2) is 13.1 Å². The van der Waals surface area contributed by atoms with Crippen molar-refractivity contribution in [3.8, 4) is 6.07 Å². The molecule has 9 heteroatoms. The van der Waals surface area contributed by atoms with Gasteiger partial charge in [0.1, 0.15) is 6.07 Å². The molecule has 0 bridgehead atoms. The van der Waals surface area contributed by atoms with E-state index in [2.05, 4.69) is 4.72 Å². The highest BCUT2D eigenvalue weighted by Gasteiger charge is 2.18. The fourth-order valence-corrected chi connectivity index (χ4v) is 3.85. The van der Waals surface area contributed by atoms with Crippen LogP contribution in [0.4, 0.5) is 5.00 Å². The fraction of sp³-hybridized carbons (Fsp3) is 0.188. The molecule has 0 aliphatic carbocycles. The smallest absolute Gasteiger partial charge is 0.258 e. The second-order valence-corrected chi connectivity index (χ2v) is 7.87. The average molecular weight is 377 g/mol. The van der Waals surface area contributed by atoms with Gasteiger partial charge in [0.25, 0.3) is 10.0 Å². The van der Waals surface area contributed by atoms with Gasteiger partial charge in [0.2, 0.25) is 0 Å². The summed E-state index contributed by atoms with van der Waals surface area (Å²) in [6, 6.07) is 14.0. The third-order valence-electron chi connectivity index (χ3n) is 3.24. The molecule has 0 aliphatic heterocycles. The molecule has 0 amide bonds. The van der Waals surface area contributed by atoms with Crippen molar-refractivity contribution in [2.24, 2.45) is 0 Å². The van der Waals surface area contributed by atoms with Crippen molar-refractivity contribution < 1.29 is 13.3 Å². The van der Waals surface area contributed by atoms with E-state index in [1.165, 1.54) is 12.1 Å². The zero-order valence-corrected chi connectivity index (χ0v) is 14.7. The number of allylic oxidation sites excluding steroid dienone is 1. The van der Waals surface area contributed by atoms with Crippen molar-refractivity contribution in [1.29, 1.82) is 5.26 Å². The van der Waals surface area contributed by atoms with Gasteiger partial charge in [0.05, 0.1) is 4.92 Å². The Kier molecular flexibility index (Phi) is 6.41. The number of hydrogen-bond acceptors (Lipinski definition) is 6. The van der Waals surface area contributed by atoms with Gasteiger partial charge in [-0.15, -0.1) is 0 Å². The number of nitrogens with zero attached hydrogens (tertiary/aromatic N) is 2. The Morgan fingerprint density at radius 1 is 1.28 bits per heavy atom. The Bertz CT molecular complexity index is 912. The van der Waals surface area contributed by atoms with E-state index in [0.717, 1.165) is 23.0 Å².